The zero-order valence-corrected chi connectivity index (χ0v) is 18.8. The van der Waals surface area contributed by atoms with Crippen LogP contribution in [0, 0.1) is 5.82 Å². The Bertz CT molecular complexity index is 1180. The van der Waals surface area contributed by atoms with Gasteiger partial charge in [0, 0.05) is 45.0 Å². The maximum absolute atomic E-state index is 14.6. The van der Waals surface area contributed by atoms with Crippen molar-refractivity contribution in [2.24, 2.45) is 0 Å². The maximum Gasteiger partial charge on any atom is 0.243 e. The van der Waals surface area contributed by atoms with Gasteiger partial charge in [-0.25, -0.2) is 21.2 Å². The second kappa shape index (κ2) is 8.93. The molecule has 1 amide bonds. The Kier molecular flexibility index (Phi) is 6.68. The molecule has 0 bridgehead atoms. The number of nitrogens with one attached hydrogen (secondary N) is 1. The summed E-state index contributed by atoms with van der Waals surface area (Å²) >= 11 is 0. The Balaban J connectivity index is 1.75. The van der Waals surface area contributed by atoms with E-state index >= 15 is 0 Å². The summed E-state index contributed by atoms with van der Waals surface area (Å²) in [5.41, 5.74) is 0.743. The van der Waals surface area contributed by atoms with Crippen molar-refractivity contribution in [1.82, 2.24) is 4.31 Å². The fourth-order valence-electron chi connectivity index (χ4n) is 3.41. The van der Waals surface area contributed by atoms with E-state index in [0.29, 0.717) is 18.7 Å². The quantitative estimate of drug-likeness (QED) is 0.719. The summed E-state index contributed by atoms with van der Waals surface area (Å²) in [5, 5.41) is 2.59. The van der Waals surface area contributed by atoms with E-state index in [0.717, 1.165) is 12.3 Å². The molecular formula is C20H24FN3O5S2. The van der Waals surface area contributed by atoms with Crippen LogP contribution in [0.25, 0.3) is 0 Å². The van der Waals surface area contributed by atoms with Gasteiger partial charge in [0.2, 0.25) is 15.9 Å². The van der Waals surface area contributed by atoms with Gasteiger partial charge >= 0.3 is 0 Å². The number of nitrogens with zero attached hydrogens (tertiary/aromatic N) is 2. The highest BCUT2D eigenvalue weighted by atomic mass is 32.2. The van der Waals surface area contributed by atoms with E-state index in [1.165, 1.54) is 47.6 Å². The van der Waals surface area contributed by atoms with Crippen molar-refractivity contribution >= 4 is 37.1 Å². The molecule has 31 heavy (non-hydrogen) atoms. The van der Waals surface area contributed by atoms with Crippen molar-refractivity contribution < 1.29 is 26.0 Å². The first kappa shape index (κ1) is 23.2. The summed E-state index contributed by atoms with van der Waals surface area (Å²) < 4.78 is 65.2. The number of hydrogen-bond acceptors (Lipinski definition) is 6. The molecule has 1 aliphatic heterocycles. The summed E-state index contributed by atoms with van der Waals surface area (Å²) in [6.07, 6.45) is 1.50. The van der Waals surface area contributed by atoms with E-state index in [9.17, 15) is 26.0 Å². The molecule has 1 saturated heterocycles. The number of sulfonamides is 1. The van der Waals surface area contributed by atoms with Crippen molar-refractivity contribution in [2.75, 3.05) is 42.7 Å². The lowest BCUT2D eigenvalue weighted by Crippen LogP contribution is -2.35. The third kappa shape index (κ3) is 5.41. The molecule has 0 spiro atoms. The summed E-state index contributed by atoms with van der Waals surface area (Å²) in [6, 6.07) is 9.68. The minimum absolute atomic E-state index is 0.101. The average Bonchev–Trinajstić information content (AvgIpc) is 2.94. The Morgan fingerprint density at radius 1 is 0.935 bits per heavy atom. The van der Waals surface area contributed by atoms with Crippen LogP contribution in [-0.4, -0.2) is 59.5 Å². The average molecular weight is 470 g/mol. The summed E-state index contributed by atoms with van der Waals surface area (Å²) in [5.74, 6) is -0.909. The van der Waals surface area contributed by atoms with Crippen LogP contribution in [0.4, 0.5) is 15.8 Å². The van der Waals surface area contributed by atoms with E-state index in [1.54, 1.807) is 4.90 Å². The molecule has 168 valence electrons. The number of rotatable bonds is 5. The van der Waals surface area contributed by atoms with Gasteiger partial charge in [0.05, 0.1) is 15.5 Å². The summed E-state index contributed by atoms with van der Waals surface area (Å²) in [7, 11) is -7.27. The van der Waals surface area contributed by atoms with E-state index in [-0.39, 0.29) is 41.0 Å². The molecule has 1 N–H and O–H groups in total. The molecule has 8 nitrogen and oxygen atoms in total. The lowest BCUT2D eigenvalue weighted by atomic mass is 10.2. The standard InChI is InChI=1S/C20H24FN3O5S2/c1-15(25)22-16-4-6-17(7-5-16)31(28,29)24-11-3-10-23(12-13-24)20-9-8-18(14-19(20)21)30(2,26)27/h4-9,14H,3,10-13H2,1-2H3,(H,22,25). The topological polar surface area (TPSA) is 104 Å². The van der Waals surface area contributed by atoms with E-state index < -0.39 is 25.7 Å². The normalized spacial score (nSPS) is 16.0. The van der Waals surface area contributed by atoms with Crippen LogP contribution in [0.15, 0.2) is 52.3 Å². The van der Waals surface area contributed by atoms with Gasteiger partial charge in [0.25, 0.3) is 0 Å². The van der Waals surface area contributed by atoms with Crippen LogP contribution in [-0.2, 0) is 24.7 Å². The molecule has 0 atom stereocenters. The minimum atomic E-state index is -3.75. The number of anilines is 2. The monoisotopic (exact) mass is 469 g/mol. The lowest BCUT2D eigenvalue weighted by molar-refractivity contribution is -0.114. The van der Waals surface area contributed by atoms with Gasteiger partial charge in [-0.3, -0.25) is 4.79 Å². The van der Waals surface area contributed by atoms with Gasteiger partial charge in [0.15, 0.2) is 9.84 Å². The third-order valence-electron chi connectivity index (χ3n) is 4.96. The molecule has 0 aromatic heterocycles. The smallest absolute Gasteiger partial charge is 0.243 e. The Morgan fingerprint density at radius 2 is 1.58 bits per heavy atom. The van der Waals surface area contributed by atoms with Gasteiger partial charge < -0.3 is 10.2 Å². The van der Waals surface area contributed by atoms with Crippen LogP contribution >= 0.6 is 0 Å². The fourth-order valence-corrected chi connectivity index (χ4v) is 5.51. The molecule has 0 aliphatic carbocycles. The predicted molar refractivity (Wildman–Crippen MR) is 116 cm³/mol. The number of halogens is 1. The molecule has 3 rings (SSSR count). The van der Waals surface area contributed by atoms with Crippen molar-refractivity contribution in [1.29, 1.82) is 0 Å². The fraction of sp³-hybridized carbons (Fsp3) is 0.350. The number of sulfone groups is 1. The van der Waals surface area contributed by atoms with Gasteiger partial charge in [-0.15, -0.1) is 0 Å². The zero-order chi connectivity index (χ0) is 22.8. The van der Waals surface area contributed by atoms with Crippen molar-refractivity contribution in [3.05, 3.63) is 48.3 Å². The first-order valence-corrected chi connectivity index (χ1v) is 12.9. The van der Waals surface area contributed by atoms with E-state index in [2.05, 4.69) is 5.32 Å². The van der Waals surface area contributed by atoms with Crippen molar-refractivity contribution in [3.63, 3.8) is 0 Å². The van der Waals surface area contributed by atoms with Crippen LogP contribution < -0.4 is 10.2 Å². The molecule has 2 aromatic rings. The molecular weight excluding hydrogens is 445 g/mol. The molecule has 1 aliphatic rings. The Morgan fingerprint density at radius 3 is 2.16 bits per heavy atom. The molecule has 2 aromatic carbocycles. The van der Waals surface area contributed by atoms with Gasteiger partial charge in [-0.05, 0) is 48.9 Å². The molecule has 0 radical (unpaired) electrons. The zero-order valence-electron chi connectivity index (χ0n) is 17.2. The first-order valence-electron chi connectivity index (χ1n) is 9.61. The summed E-state index contributed by atoms with van der Waals surface area (Å²) in [6.45, 7) is 2.49. The molecule has 1 fully saturated rings. The second-order valence-corrected chi connectivity index (χ2v) is 11.3. The molecule has 0 saturated carbocycles. The van der Waals surface area contributed by atoms with Crippen molar-refractivity contribution in [2.45, 2.75) is 23.1 Å². The molecule has 11 heteroatoms. The van der Waals surface area contributed by atoms with Crippen molar-refractivity contribution in [3.8, 4) is 0 Å². The van der Waals surface area contributed by atoms with Crippen LogP contribution in [0.5, 0.6) is 0 Å². The van der Waals surface area contributed by atoms with Crippen LogP contribution in [0.1, 0.15) is 13.3 Å². The molecule has 0 unspecified atom stereocenters. The number of hydrogen-bond donors (Lipinski definition) is 1. The van der Waals surface area contributed by atoms with Gasteiger partial charge in [0.1, 0.15) is 5.82 Å². The summed E-state index contributed by atoms with van der Waals surface area (Å²) in [4.78, 5) is 12.8. The first-order chi connectivity index (χ1) is 14.5. The maximum atomic E-state index is 14.6. The SMILES string of the molecule is CC(=O)Nc1ccc(S(=O)(=O)N2CCCN(c3ccc(S(C)(=O)=O)cc3F)CC2)cc1. The predicted octanol–water partition coefficient (Wildman–Crippen LogP) is 2.09. The number of amides is 1. The second-order valence-electron chi connectivity index (χ2n) is 7.34. The highest BCUT2D eigenvalue weighted by Gasteiger charge is 2.28. The highest BCUT2D eigenvalue weighted by molar-refractivity contribution is 7.90. The van der Waals surface area contributed by atoms with Gasteiger partial charge in [-0.1, -0.05) is 0 Å². The highest BCUT2D eigenvalue weighted by Crippen LogP contribution is 2.26. The minimum Gasteiger partial charge on any atom is -0.368 e. The largest absolute Gasteiger partial charge is 0.368 e. The van der Waals surface area contributed by atoms with E-state index in [1.807, 2.05) is 0 Å². The van der Waals surface area contributed by atoms with Crippen LogP contribution in [0.3, 0.4) is 0 Å². The third-order valence-corrected chi connectivity index (χ3v) is 7.98. The number of benzene rings is 2. The van der Waals surface area contributed by atoms with Gasteiger partial charge in [-0.2, -0.15) is 4.31 Å². The number of carbonyl (C=O) groups is 1. The molecule has 1 heterocycles. The number of carbonyl (C=O) groups excluding carboxylic acids is 1. The Hall–Kier alpha value is -2.50. The Labute approximate surface area is 181 Å². The lowest BCUT2D eigenvalue weighted by Gasteiger charge is -2.24. The van der Waals surface area contributed by atoms with E-state index in [4.69, 9.17) is 0 Å². The van der Waals surface area contributed by atoms with Crippen LogP contribution in [0.2, 0.25) is 0 Å².